The maximum Gasteiger partial charge on any atom is 0.0369 e. The van der Waals surface area contributed by atoms with Gasteiger partial charge in [-0.25, -0.2) is 0 Å². The number of hydrogen-bond donors (Lipinski definition) is 1. The number of nitrogens with zero attached hydrogens (tertiary/aromatic N) is 1. The van der Waals surface area contributed by atoms with E-state index in [0.29, 0.717) is 12.1 Å². The maximum absolute atomic E-state index is 3.73. The molecule has 0 amide bonds. The molecule has 2 rings (SSSR count). The standard InChI is InChI=1S/C17H28N2/c1-5-16-9-11-19(10-8-15(4)18-16)17-7-6-13(2)14(3)12-17/h6-7,12,15-16,18H,5,8-11H2,1-4H3. The number of rotatable bonds is 2. The Morgan fingerprint density at radius 2 is 1.89 bits per heavy atom. The summed E-state index contributed by atoms with van der Waals surface area (Å²) in [6.07, 6.45) is 3.70. The Morgan fingerprint density at radius 1 is 1.16 bits per heavy atom. The topological polar surface area (TPSA) is 15.3 Å². The van der Waals surface area contributed by atoms with Crippen LogP contribution < -0.4 is 10.2 Å². The fourth-order valence-corrected chi connectivity index (χ4v) is 2.84. The van der Waals surface area contributed by atoms with E-state index in [1.165, 1.54) is 42.6 Å². The molecule has 2 atom stereocenters. The first-order valence-corrected chi connectivity index (χ1v) is 7.68. The molecule has 1 saturated heterocycles. The lowest BCUT2D eigenvalue weighted by atomic mass is 10.0. The van der Waals surface area contributed by atoms with Gasteiger partial charge in [0.2, 0.25) is 0 Å². The van der Waals surface area contributed by atoms with Crippen molar-refractivity contribution in [3.05, 3.63) is 29.3 Å². The summed E-state index contributed by atoms with van der Waals surface area (Å²) in [6.45, 7) is 11.3. The van der Waals surface area contributed by atoms with Crippen LogP contribution in [0, 0.1) is 13.8 Å². The van der Waals surface area contributed by atoms with Gasteiger partial charge in [-0.15, -0.1) is 0 Å². The van der Waals surface area contributed by atoms with E-state index in [0.717, 1.165) is 6.54 Å². The first kappa shape index (κ1) is 14.4. The molecular formula is C17H28N2. The summed E-state index contributed by atoms with van der Waals surface area (Å²) in [5, 5.41) is 3.73. The molecule has 106 valence electrons. The van der Waals surface area contributed by atoms with Crippen molar-refractivity contribution in [1.29, 1.82) is 0 Å². The molecule has 0 spiro atoms. The molecule has 1 heterocycles. The highest BCUT2D eigenvalue weighted by atomic mass is 15.1. The van der Waals surface area contributed by atoms with Crippen molar-refractivity contribution in [1.82, 2.24) is 5.32 Å². The number of aryl methyl sites for hydroxylation is 2. The van der Waals surface area contributed by atoms with Crippen LogP contribution in [0.5, 0.6) is 0 Å². The Kier molecular flexibility index (Phi) is 4.87. The van der Waals surface area contributed by atoms with Crippen molar-refractivity contribution in [3.8, 4) is 0 Å². The normalized spacial score (nSPS) is 24.9. The third-order valence-corrected chi connectivity index (χ3v) is 4.45. The van der Waals surface area contributed by atoms with Crippen molar-refractivity contribution in [3.63, 3.8) is 0 Å². The van der Waals surface area contributed by atoms with Gasteiger partial charge in [0.1, 0.15) is 0 Å². The van der Waals surface area contributed by atoms with Crippen LogP contribution in [-0.4, -0.2) is 25.2 Å². The summed E-state index contributed by atoms with van der Waals surface area (Å²) in [5.41, 5.74) is 4.18. The Hall–Kier alpha value is -1.02. The zero-order valence-corrected chi connectivity index (χ0v) is 12.9. The predicted molar refractivity (Wildman–Crippen MR) is 84.0 cm³/mol. The summed E-state index contributed by atoms with van der Waals surface area (Å²) < 4.78 is 0. The molecule has 1 aliphatic rings. The Morgan fingerprint density at radius 3 is 2.58 bits per heavy atom. The minimum absolute atomic E-state index is 0.624. The number of anilines is 1. The summed E-state index contributed by atoms with van der Waals surface area (Å²) in [6, 6.07) is 8.17. The van der Waals surface area contributed by atoms with Gasteiger partial charge in [0.15, 0.2) is 0 Å². The molecule has 19 heavy (non-hydrogen) atoms. The van der Waals surface area contributed by atoms with Gasteiger partial charge < -0.3 is 10.2 Å². The highest BCUT2D eigenvalue weighted by Crippen LogP contribution is 2.21. The van der Waals surface area contributed by atoms with Crippen LogP contribution in [0.3, 0.4) is 0 Å². The van der Waals surface area contributed by atoms with E-state index in [4.69, 9.17) is 0 Å². The van der Waals surface area contributed by atoms with E-state index in [9.17, 15) is 0 Å². The third kappa shape index (κ3) is 3.73. The molecule has 0 aromatic heterocycles. The molecule has 1 aromatic carbocycles. The van der Waals surface area contributed by atoms with Gasteiger partial charge in [-0.05, 0) is 63.3 Å². The van der Waals surface area contributed by atoms with E-state index in [1.807, 2.05) is 0 Å². The minimum Gasteiger partial charge on any atom is -0.371 e. The maximum atomic E-state index is 3.73. The van der Waals surface area contributed by atoms with E-state index < -0.39 is 0 Å². The lowest BCUT2D eigenvalue weighted by molar-refractivity contribution is 0.378. The average molecular weight is 260 g/mol. The van der Waals surface area contributed by atoms with Gasteiger partial charge in [-0.2, -0.15) is 0 Å². The Bertz CT molecular complexity index is 414. The van der Waals surface area contributed by atoms with Gasteiger partial charge in [-0.3, -0.25) is 0 Å². The van der Waals surface area contributed by atoms with Crippen LogP contribution in [0.15, 0.2) is 18.2 Å². The number of benzene rings is 1. The zero-order valence-electron chi connectivity index (χ0n) is 12.9. The third-order valence-electron chi connectivity index (χ3n) is 4.45. The quantitative estimate of drug-likeness (QED) is 0.873. The first-order valence-electron chi connectivity index (χ1n) is 7.68. The molecule has 2 nitrogen and oxygen atoms in total. The van der Waals surface area contributed by atoms with E-state index in [2.05, 4.69) is 56.1 Å². The molecule has 0 saturated carbocycles. The fourth-order valence-electron chi connectivity index (χ4n) is 2.84. The van der Waals surface area contributed by atoms with Gasteiger partial charge in [-0.1, -0.05) is 13.0 Å². The highest BCUT2D eigenvalue weighted by Gasteiger charge is 2.17. The average Bonchev–Trinajstić information content (AvgIpc) is 2.38. The molecule has 1 aliphatic heterocycles. The van der Waals surface area contributed by atoms with Gasteiger partial charge in [0.25, 0.3) is 0 Å². The largest absolute Gasteiger partial charge is 0.371 e. The second-order valence-corrected chi connectivity index (χ2v) is 6.01. The summed E-state index contributed by atoms with van der Waals surface area (Å²) in [5.74, 6) is 0. The predicted octanol–water partition coefficient (Wildman–Crippen LogP) is 3.66. The van der Waals surface area contributed by atoms with Gasteiger partial charge in [0.05, 0.1) is 0 Å². The molecule has 0 bridgehead atoms. The summed E-state index contributed by atoms with van der Waals surface area (Å²) >= 11 is 0. The van der Waals surface area contributed by atoms with Crippen LogP contribution >= 0.6 is 0 Å². The fraction of sp³-hybridized carbons (Fsp3) is 0.647. The Labute approximate surface area is 118 Å². The summed E-state index contributed by atoms with van der Waals surface area (Å²) in [4.78, 5) is 2.56. The van der Waals surface area contributed by atoms with Crippen LogP contribution in [0.2, 0.25) is 0 Å². The first-order chi connectivity index (χ1) is 9.10. The van der Waals surface area contributed by atoms with E-state index in [1.54, 1.807) is 0 Å². The van der Waals surface area contributed by atoms with E-state index in [-0.39, 0.29) is 0 Å². The Balaban J connectivity index is 2.11. The zero-order chi connectivity index (χ0) is 13.8. The molecule has 2 unspecified atom stereocenters. The van der Waals surface area contributed by atoms with Gasteiger partial charge >= 0.3 is 0 Å². The SMILES string of the molecule is CCC1CCN(c2ccc(C)c(C)c2)CCC(C)N1. The van der Waals surface area contributed by atoms with Crippen LogP contribution in [0.25, 0.3) is 0 Å². The highest BCUT2D eigenvalue weighted by molar-refractivity contribution is 5.50. The second-order valence-electron chi connectivity index (χ2n) is 6.01. The van der Waals surface area contributed by atoms with Gasteiger partial charge in [0, 0.05) is 30.9 Å². The van der Waals surface area contributed by atoms with Crippen molar-refractivity contribution >= 4 is 5.69 Å². The van der Waals surface area contributed by atoms with E-state index >= 15 is 0 Å². The lowest BCUT2D eigenvalue weighted by Gasteiger charge is -2.33. The van der Waals surface area contributed by atoms with Crippen molar-refractivity contribution in [2.75, 3.05) is 18.0 Å². The monoisotopic (exact) mass is 260 g/mol. The number of nitrogens with one attached hydrogen (secondary N) is 1. The lowest BCUT2D eigenvalue weighted by Crippen LogP contribution is -2.44. The molecule has 1 N–H and O–H groups in total. The summed E-state index contributed by atoms with van der Waals surface area (Å²) in [7, 11) is 0. The van der Waals surface area contributed by atoms with Crippen molar-refractivity contribution in [2.45, 2.75) is 59.0 Å². The molecule has 1 aromatic rings. The molecule has 1 fully saturated rings. The van der Waals surface area contributed by atoms with Crippen molar-refractivity contribution in [2.24, 2.45) is 0 Å². The molecule has 0 aliphatic carbocycles. The molecule has 0 radical (unpaired) electrons. The van der Waals surface area contributed by atoms with Crippen LogP contribution in [0.1, 0.15) is 44.2 Å². The number of hydrogen-bond acceptors (Lipinski definition) is 2. The van der Waals surface area contributed by atoms with Crippen molar-refractivity contribution < 1.29 is 0 Å². The smallest absolute Gasteiger partial charge is 0.0369 e. The molecule has 2 heteroatoms. The molecular weight excluding hydrogens is 232 g/mol. The van der Waals surface area contributed by atoms with Crippen LogP contribution in [0.4, 0.5) is 5.69 Å². The van der Waals surface area contributed by atoms with Crippen LogP contribution in [-0.2, 0) is 0 Å². The minimum atomic E-state index is 0.624. The second kappa shape index (κ2) is 6.42.